The molecule has 0 amide bonds. The van der Waals surface area contributed by atoms with E-state index in [9.17, 15) is 0 Å². The first-order valence-electron chi connectivity index (χ1n) is 7.05. The van der Waals surface area contributed by atoms with Crippen molar-refractivity contribution < 1.29 is 4.74 Å². The van der Waals surface area contributed by atoms with Gasteiger partial charge in [-0.25, -0.2) is 0 Å². The zero-order valence-electron chi connectivity index (χ0n) is 12.7. The topological polar surface area (TPSA) is 45.0 Å². The van der Waals surface area contributed by atoms with Gasteiger partial charge in [-0.1, -0.05) is 26.0 Å². The van der Waals surface area contributed by atoms with Gasteiger partial charge in [-0.3, -0.25) is 0 Å². The molecule has 0 aliphatic carbocycles. The molecule has 0 atom stereocenters. The first kappa shape index (κ1) is 14.9. The van der Waals surface area contributed by atoms with E-state index in [0.717, 1.165) is 17.0 Å². The Labute approximate surface area is 126 Å². The number of nitrogens with zero attached hydrogens (tertiary/aromatic N) is 1. The number of methoxy groups -OCH3 is 1. The van der Waals surface area contributed by atoms with Crippen LogP contribution in [0.3, 0.4) is 0 Å². The maximum Gasteiger partial charge on any atom is 0.123 e. The summed E-state index contributed by atoms with van der Waals surface area (Å²) in [5, 5.41) is 12.3. The highest BCUT2D eigenvalue weighted by Gasteiger charge is 2.05. The van der Waals surface area contributed by atoms with Crippen molar-refractivity contribution in [1.29, 1.82) is 5.26 Å². The van der Waals surface area contributed by atoms with Crippen LogP contribution < -0.4 is 10.1 Å². The number of nitrogens with one attached hydrogen (secondary N) is 1. The molecule has 0 aliphatic heterocycles. The SMILES string of the molecule is COc1ccc(C#N)cc1CNc1ccc(C(C)C)cc1. The maximum absolute atomic E-state index is 8.98. The molecule has 1 N–H and O–H groups in total. The molecule has 0 saturated heterocycles. The van der Waals surface area contributed by atoms with E-state index >= 15 is 0 Å². The van der Waals surface area contributed by atoms with E-state index in [1.54, 1.807) is 13.2 Å². The molecule has 108 valence electrons. The Balaban J connectivity index is 2.10. The summed E-state index contributed by atoms with van der Waals surface area (Å²) in [5.41, 5.74) is 4.00. The van der Waals surface area contributed by atoms with E-state index in [0.29, 0.717) is 18.0 Å². The van der Waals surface area contributed by atoms with Crippen molar-refractivity contribution in [2.45, 2.75) is 26.3 Å². The average molecular weight is 280 g/mol. The number of hydrogen-bond donors (Lipinski definition) is 1. The third kappa shape index (κ3) is 3.76. The zero-order chi connectivity index (χ0) is 15.2. The van der Waals surface area contributed by atoms with Gasteiger partial charge in [0.1, 0.15) is 5.75 Å². The Bertz CT molecular complexity index is 639. The second-order valence-electron chi connectivity index (χ2n) is 5.27. The largest absolute Gasteiger partial charge is 0.496 e. The van der Waals surface area contributed by atoms with Crippen molar-refractivity contribution in [1.82, 2.24) is 0 Å². The lowest BCUT2D eigenvalue weighted by Gasteiger charge is -2.12. The monoisotopic (exact) mass is 280 g/mol. The van der Waals surface area contributed by atoms with Gasteiger partial charge in [0.05, 0.1) is 18.7 Å². The Morgan fingerprint density at radius 1 is 1.14 bits per heavy atom. The van der Waals surface area contributed by atoms with Crippen LogP contribution in [0.4, 0.5) is 5.69 Å². The number of ether oxygens (including phenoxy) is 1. The van der Waals surface area contributed by atoms with Crippen LogP contribution in [-0.2, 0) is 6.54 Å². The molecular formula is C18H20N2O. The van der Waals surface area contributed by atoms with Crippen molar-refractivity contribution in [3.8, 4) is 11.8 Å². The normalized spacial score (nSPS) is 10.2. The molecule has 0 saturated carbocycles. The third-order valence-corrected chi connectivity index (χ3v) is 3.47. The van der Waals surface area contributed by atoms with E-state index in [2.05, 4.69) is 49.5 Å². The number of anilines is 1. The summed E-state index contributed by atoms with van der Waals surface area (Å²) < 4.78 is 5.33. The highest BCUT2D eigenvalue weighted by atomic mass is 16.5. The first-order valence-corrected chi connectivity index (χ1v) is 7.05. The van der Waals surface area contributed by atoms with Gasteiger partial charge < -0.3 is 10.1 Å². The first-order chi connectivity index (χ1) is 10.1. The molecule has 0 heterocycles. The fourth-order valence-electron chi connectivity index (χ4n) is 2.17. The number of hydrogen-bond acceptors (Lipinski definition) is 3. The highest BCUT2D eigenvalue weighted by Crippen LogP contribution is 2.22. The molecule has 0 fully saturated rings. The average Bonchev–Trinajstić information content (AvgIpc) is 2.52. The smallest absolute Gasteiger partial charge is 0.123 e. The number of benzene rings is 2. The predicted molar refractivity (Wildman–Crippen MR) is 85.6 cm³/mol. The minimum Gasteiger partial charge on any atom is -0.496 e. The molecule has 0 bridgehead atoms. The van der Waals surface area contributed by atoms with Gasteiger partial charge in [-0.2, -0.15) is 5.26 Å². The van der Waals surface area contributed by atoms with Gasteiger partial charge >= 0.3 is 0 Å². The second kappa shape index (κ2) is 6.81. The zero-order valence-corrected chi connectivity index (χ0v) is 12.7. The fraction of sp³-hybridized carbons (Fsp3) is 0.278. The molecule has 0 aromatic heterocycles. The molecule has 0 spiro atoms. The summed E-state index contributed by atoms with van der Waals surface area (Å²) in [4.78, 5) is 0. The van der Waals surface area contributed by atoms with Crippen LogP contribution >= 0.6 is 0 Å². The molecule has 0 unspecified atom stereocenters. The molecular weight excluding hydrogens is 260 g/mol. The van der Waals surface area contributed by atoms with Crippen LogP contribution in [0.2, 0.25) is 0 Å². The van der Waals surface area contributed by atoms with Crippen LogP contribution in [-0.4, -0.2) is 7.11 Å². The van der Waals surface area contributed by atoms with Crippen LogP contribution in [0.25, 0.3) is 0 Å². The predicted octanol–water partition coefficient (Wildman–Crippen LogP) is 4.30. The molecule has 2 aromatic carbocycles. The van der Waals surface area contributed by atoms with Crippen LogP contribution in [0, 0.1) is 11.3 Å². The number of nitriles is 1. The second-order valence-corrected chi connectivity index (χ2v) is 5.27. The summed E-state index contributed by atoms with van der Waals surface area (Å²) in [5.74, 6) is 1.33. The van der Waals surface area contributed by atoms with Gasteiger partial charge in [0.25, 0.3) is 0 Å². The van der Waals surface area contributed by atoms with Crippen LogP contribution in [0.5, 0.6) is 5.75 Å². The minimum absolute atomic E-state index is 0.534. The molecule has 0 radical (unpaired) electrons. The van der Waals surface area contributed by atoms with E-state index in [1.165, 1.54) is 5.56 Å². The van der Waals surface area contributed by atoms with Crippen molar-refractivity contribution in [3.63, 3.8) is 0 Å². The molecule has 3 heteroatoms. The lowest BCUT2D eigenvalue weighted by atomic mass is 10.0. The van der Waals surface area contributed by atoms with Crippen LogP contribution in [0.1, 0.15) is 36.5 Å². The third-order valence-electron chi connectivity index (χ3n) is 3.47. The summed E-state index contributed by atoms with van der Waals surface area (Å²) in [6.45, 7) is 4.99. The molecule has 2 rings (SSSR count). The molecule has 21 heavy (non-hydrogen) atoms. The highest BCUT2D eigenvalue weighted by molar-refractivity contribution is 5.48. The van der Waals surface area contributed by atoms with E-state index in [-0.39, 0.29) is 0 Å². The number of rotatable bonds is 5. The van der Waals surface area contributed by atoms with Gasteiger partial charge in [-0.15, -0.1) is 0 Å². The van der Waals surface area contributed by atoms with Crippen molar-refractivity contribution in [2.75, 3.05) is 12.4 Å². The Kier molecular flexibility index (Phi) is 4.84. The van der Waals surface area contributed by atoms with E-state index < -0.39 is 0 Å². The Morgan fingerprint density at radius 3 is 2.43 bits per heavy atom. The molecule has 3 nitrogen and oxygen atoms in total. The van der Waals surface area contributed by atoms with Crippen molar-refractivity contribution in [2.24, 2.45) is 0 Å². The van der Waals surface area contributed by atoms with Gasteiger partial charge in [0.2, 0.25) is 0 Å². The van der Waals surface area contributed by atoms with Gasteiger partial charge in [0, 0.05) is 17.8 Å². The summed E-state index contributed by atoms with van der Waals surface area (Å²) in [6, 6.07) is 16.0. The molecule has 0 aliphatic rings. The minimum atomic E-state index is 0.534. The van der Waals surface area contributed by atoms with Gasteiger partial charge in [0.15, 0.2) is 0 Å². The van der Waals surface area contributed by atoms with Crippen molar-refractivity contribution in [3.05, 3.63) is 59.2 Å². The van der Waals surface area contributed by atoms with E-state index in [4.69, 9.17) is 10.00 Å². The van der Waals surface area contributed by atoms with Gasteiger partial charge in [-0.05, 0) is 41.8 Å². The van der Waals surface area contributed by atoms with E-state index in [1.807, 2.05) is 12.1 Å². The Hall–Kier alpha value is -2.47. The molecule has 2 aromatic rings. The van der Waals surface area contributed by atoms with Crippen molar-refractivity contribution >= 4 is 5.69 Å². The lowest BCUT2D eigenvalue weighted by Crippen LogP contribution is -2.02. The maximum atomic E-state index is 8.98. The van der Waals surface area contributed by atoms with Crippen LogP contribution in [0.15, 0.2) is 42.5 Å². The Morgan fingerprint density at radius 2 is 1.86 bits per heavy atom. The fourth-order valence-corrected chi connectivity index (χ4v) is 2.17. The quantitative estimate of drug-likeness (QED) is 0.888. The summed E-state index contributed by atoms with van der Waals surface area (Å²) in [6.07, 6.45) is 0. The summed E-state index contributed by atoms with van der Waals surface area (Å²) >= 11 is 0. The lowest BCUT2D eigenvalue weighted by molar-refractivity contribution is 0.410. The summed E-state index contributed by atoms with van der Waals surface area (Å²) in [7, 11) is 1.64. The standard InChI is InChI=1S/C18H20N2O/c1-13(2)15-5-7-17(8-6-15)20-12-16-10-14(11-19)4-9-18(16)21-3/h4-10,13,20H,12H2,1-3H3.